The summed E-state index contributed by atoms with van der Waals surface area (Å²) < 4.78 is 21.4. The van der Waals surface area contributed by atoms with E-state index in [0.717, 1.165) is 6.08 Å². The Kier molecular flexibility index (Phi) is 6.99. The molecule has 1 saturated heterocycles. The van der Waals surface area contributed by atoms with E-state index in [0.29, 0.717) is 5.56 Å². The minimum atomic E-state index is -1.61. The van der Waals surface area contributed by atoms with E-state index in [9.17, 15) is 25.2 Å². The lowest BCUT2D eigenvalue weighted by atomic mass is 9.99. The van der Waals surface area contributed by atoms with Gasteiger partial charge in [0.1, 0.15) is 24.4 Å². The Morgan fingerprint density at radius 3 is 2.19 bits per heavy atom. The highest BCUT2D eigenvalue weighted by atomic mass is 16.7. The first kappa shape index (κ1) is 20.9. The molecule has 0 radical (unpaired) electrons. The molecule has 10 nitrogen and oxygen atoms in total. The second kappa shape index (κ2) is 9.02. The van der Waals surface area contributed by atoms with Crippen molar-refractivity contribution in [3.63, 3.8) is 0 Å². The van der Waals surface area contributed by atoms with Crippen molar-refractivity contribution in [1.29, 1.82) is 0 Å². The van der Waals surface area contributed by atoms with Crippen molar-refractivity contribution in [1.82, 2.24) is 0 Å². The van der Waals surface area contributed by atoms with E-state index in [2.05, 4.69) is 0 Å². The molecule has 10 heteroatoms. The monoisotopic (exact) mass is 386 g/mol. The highest BCUT2D eigenvalue weighted by Crippen LogP contribution is 2.40. The van der Waals surface area contributed by atoms with Crippen LogP contribution in [0.1, 0.15) is 5.56 Å². The summed E-state index contributed by atoms with van der Waals surface area (Å²) in [6.07, 6.45) is -5.03. The highest BCUT2D eigenvalue weighted by Gasteiger charge is 2.45. The molecule has 1 heterocycles. The number of aliphatic hydroxyl groups excluding tert-OH is 4. The lowest BCUT2D eigenvalue weighted by Crippen LogP contribution is -2.60. The van der Waals surface area contributed by atoms with Gasteiger partial charge in [-0.15, -0.1) is 0 Å². The van der Waals surface area contributed by atoms with E-state index in [1.54, 1.807) is 0 Å². The predicted octanol–water partition coefficient (Wildman–Crippen LogP) is -1.02. The van der Waals surface area contributed by atoms with Crippen LogP contribution in [0.15, 0.2) is 18.2 Å². The van der Waals surface area contributed by atoms with E-state index in [1.807, 2.05) is 0 Å². The number of carbonyl (C=O) groups is 1. The third-order valence-electron chi connectivity index (χ3n) is 3.98. The van der Waals surface area contributed by atoms with Crippen LogP contribution in [0.3, 0.4) is 0 Å². The zero-order valence-electron chi connectivity index (χ0n) is 14.7. The maximum Gasteiger partial charge on any atom is 0.328 e. The first-order valence-corrected chi connectivity index (χ1v) is 7.96. The normalized spacial score (nSPS) is 28.1. The van der Waals surface area contributed by atoms with Gasteiger partial charge in [-0.2, -0.15) is 0 Å². The van der Waals surface area contributed by atoms with Gasteiger partial charge in [0.25, 0.3) is 0 Å². The summed E-state index contributed by atoms with van der Waals surface area (Å²) in [6, 6.07) is 2.95. The van der Waals surface area contributed by atoms with Gasteiger partial charge < -0.3 is 44.5 Å². The molecule has 150 valence electrons. The minimum Gasteiger partial charge on any atom is -0.493 e. The fourth-order valence-corrected chi connectivity index (χ4v) is 2.56. The van der Waals surface area contributed by atoms with E-state index in [4.69, 9.17) is 24.1 Å². The molecule has 1 aliphatic heterocycles. The number of aliphatic hydroxyl groups is 4. The standard InChI is InChI=1S/C17H22O10/c1-24-9-5-8(3-4-12(19)20)6-10(25-2)16(9)27-17-15(23)14(22)13(21)11(7-18)26-17/h3-6,11,13-15,17-18,21-23H,7H2,1-2H3,(H,19,20)/t11-,13+,14+,15-,17+/m1/s1. The zero-order chi connectivity index (χ0) is 20.1. The molecule has 5 atom stereocenters. The zero-order valence-corrected chi connectivity index (χ0v) is 14.7. The third kappa shape index (κ3) is 4.67. The molecular weight excluding hydrogens is 364 g/mol. The number of benzene rings is 1. The van der Waals surface area contributed by atoms with Crippen molar-refractivity contribution < 1.29 is 49.3 Å². The van der Waals surface area contributed by atoms with E-state index >= 15 is 0 Å². The number of hydrogen-bond acceptors (Lipinski definition) is 9. The molecule has 27 heavy (non-hydrogen) atoms. The summed E-state index contributed by atoms with van der Waals surface area (Å²) in [5.74, 6) is -0.806. The van der Waals surface area contributed by atoms with Gasteiger partial charge in [0.15, 0.2) is 11.5 Å². The molecule has 0 saturated carbocycles. The second-order valence-electron chi connectivity index (χ2n) is 5.74. The molecule has 0 aliphatic carbocycles. The van der Waals surface area contributed by atoms with Crippen LogP contribution in [0.4, 0.5) is 0 Å². The second-order valence-corrected chi connectivity index (χ2v) is 5.74. The Hall–Kier alpha value is -2.37. The number of carboxylic acids is 1. The molecule has 0 spiro atoms. The van der Waals surface area contributed by atoms with Crippen molar-refractivity contribution in [2.45, 2.75) is 30.7 Å². The fourth-order valence-electron chi connectivity index (χ4n) is 2.56. The van der Waals surface area contributed by atoms with Gasteiger partial charge in [0, 0.05) is 6.08 Å². The van der Waals surface area contributed by atoms with Gasteiger partial charge in [-0.05, 0) is 23.8 Å². The van der Waals surface area contributed by atoms with Gasteiger partial charge >= 0.3 is 5.97 Å². The summed E-state index contributed by atoms with van der Waals surface area (Å²) in [5.41, 5.74) is 0.451. The minimum absolute atomic E-state index is 0.0248. The van der Waals surface area contributed by atoms with E-state index < -0.39 is 43.3 Å². The number of hydrogen-bond donors (Lipinski definition) is 5. The van der Waals surface area contributed by atoms with Gasteiger partial charge in [-0.1, -0.05) is 0 Å². The van der Waals surface area contributed by atoms with E-state index in [-0.39, 0.29) is 17.2 Å². The van der Waals surface area contributed by atoms with Crippen LogP contribution in [0.2, 0.25) is 0 Å². The molecule has 1 fully saturated rings. The molecule has 0 bridgehead atoms. The first-order valence-electron chi connectivity index (χ1n) is 7.96. The quantitative estimate of drug-likeness (QED) is 0.368. The van der Waals surface area contributed by atoms with Crippen molar-refractivity contribution in [3.05, 3.63) is 23.8 Å². The van der Waals surface area contributed by atoms with Crippen molar-refractivity contribution in [2.75, 3.05) is 20.8 Å². The number of aliphatic carboxylic acids is 1. The Bertz CT molecular complexity index is 661. The molecule has 1 aromatic rings. The van der Waals surface area contributed by atoms with Crippen LogP contribution in [0.5, 0.6) is 17.2 Å². The SMILES string of the molecule is COc1cc(C=CC(=O)O)cc(OC)c1O[C@@H]1O[C@H](CO)[C@H](O)[C@H](O)[C@H]1O. The summed E-state index contributed by atoms with van der Waals surface area (Å²) in [7, 11) is 2.69. The third-order valence-corrected chi connectivity index (χ3v) is 3.98. The summed E-state index contributed by atoms with van der Waals surface area (Å²) in [6.45, 7) is -0.599. The van der Waals surface area contributed by atoms with Gasteiger partial charge in [-0.25, -0.2) is 4.79 Å². The van der Waals surface area contributed by atoms with Gasteiger partial charge in [-0.3, -0.25) is 0 Å². The lowest BCUT2D eigenvalue weighted by molar-refractivity contribution is -0.277. The van der Waals surface area contributed by atoms with Crippen LogP contribution in [0, 0.1) is 0 Å². The maximum absolute atomic E-state index is 10.7. The highest BCUT2D eigenvalue weighted by molar-refractivity contribution is 5.85. The lowest BCUT2D eigenvalue weighted by Gasteiger charge is -2.39. The van der Waals surface area contributed by atoms with Crippen molar-refractivity contribution in [3.8, 4) is 17.2 Å². The Morgan fingerprint density at radius 2 is 1.70 bits per heavy atom. The summed E-state index contributed by atoms with van der Waals surface area (Å²) in [4.78, 5) is 10.7. The fraction of sp³-hybridized carbons (Fsp3) is 0.471. The summed E-state index contributed by atoms with van der Waals surface area (Å²) in [5, 5.41) is 47.8. The Balaban J connectivity index is 2.35. The summed E-state index contributed by atoms with van der Waals surface area (Å²) >= 11 is 0. The number of ether oxygens (including phenoxy) is 4. The predicted molar refractivity (Wildman–Crippen MR) is 90.6 cm³/mol. The average molecular weight is 386 g/mol. The number of carboxylic acid groups (broad SMARTS) is 1. The molecule has 0 unspecified atom stereocenters. The number of rotatable bonds is 7. The Morgan fingerprint density at radius 1 is 1.11 bits per heavy atom. The van der Waals surface area contributed by atoms with Crippen LogP contribution in [-0.4, -0.2) is 83.0 Å². The van der Waals surface area contributed by atoms with Gasteiger partial charge in [0.2, 0.25) is 12.0 Å². The van der Waals surface area contributed by atoms with Gasteiger partial charge in [0.05, 0.1) is 20.8 Å². The van der Waals surface area contributed by atoms with Crippen molar-refractivity contribution >= 4 is 12.0 Å². The maximum atomic E-state index is 10.7. The van der Waals surface area contributed by atoms with Crippen LogP contribution in [-0.2, 0) is 9.53 Å². The molecule has 5 N–H and O–H groups in total. The topological polar surface area (TPSA) is 155 Å². The smallest absolute Gasteiger partial charge is 0.328 e. The molecule has 1 aromatic carbocycles. The largest absolute Gasteiger partial charge is 0.493 e. The molecular formula is C17H22O10. The average Bonchev–Trinajstić information content (AvgIpc) is 2.66. The van der Waals surface area contributed by atoms with Crippen LogP contribution >= 0.6 is 0 Å². The molecule has 1 aliphatic rings. The van der Waals surface area contributed by atoms with Crippen LogP contribution < -0.4 is 14.2 Å². The molecule has 2 rings (SSSR count). The molecule has 0 amide bonds. The number of methoxy groups -OCH3 is 2. The van der Waals surface area contributed by atoms with E-state index in [1.165, 1.54) is 32.4 Å². The first-order chi connectivity index (χ1) is 12.8. The van der Waals surface area contributed by atoms with Crippen LogP contribution in [0.25, 0.3) is 6.08 Å². The van der Waals surface area contributed by atoms with Crippen molar-refractivity contribution in [2.24, 2.45) is 0 Å². The Labute approximate surface area is 154 Å². The molecule has 0 aromatic heterocycles.